The maximum Gasteiger partial charge on any atom is 0.525 e. The smallest absolute Gasteiger partial charge is 0.367 e. The van der Waals surface area contributed by atoms with Gasteiger partial charge in [-0.15, -0.1) is 0 Å². The highest BCUT2D eigenvalue weighted by Gasteiger charge is 2.66. The van der Waals surface area contributed by atoms with E-state index in [0.717, 1.165) is 0 Å². The van der Waals surface area contributed by atoms with Crippen LogP contribution in [0.3, 0.4) is 0 Å². The van der Waals surface area contributed by atoms with Crippen LogP contribution in [-0.4, -0.2) is 35.6 Å². The van der Waals surface area contributed by atoms with E-state index in [0.29, 0.717) is 0 Å². The Morgan fingerprint density at radius 2 is 0.650 bits per heavy atom. The minimum Gasteiger partial charge on any atom is -0.367 e. The predicted molar refractivity (Wildman–Crippen MR) is 73.7 cm³/mol. The van der Waals surface area contributed by atoms with Crippen LogP contribution in [0, 0.1) is 0 Å². The summed E-state index contributed by atoms with van der Waals surface area (Å²) in [5.74, 6) is 0. The second-order valence-corrected chi connectivity index (χ2v) is 15.8. The van der Waals surface area contributed by atoms with Crippen molar-refractivity contribution in [3.63, 3.8) is 0 Å². The molecule has 0 amide bonds. The largest absolute Gasteiger partial charge is 0.525 e. The first-order valence-corrected chi connectivity index (χ1v) is 14.2. The summed E-state index contributed by atoms with van der Waals surface area (Å²) in [6, 6.07) is -1.26. The van der Waals surface area contributed by atoms with Gasteiger partial charge in [0.15, 0.2) is 0 Å². The van der Waals surface area contributed by atoms with Gasteiger partial charge >= 0.3 is 35.6 Å². The zero-order chi connectivity index (χ0) is 15.7. The summed E-state index contributed by atoms with van der Waals surface area (Å²) in [5, 5.41) is 0. The molecule has 0 aromatic carbocycles. The van der Waals surface area contributed by atoms with Gasteiger partial charge in [-0.25, -0.2) is 16.4 Å². The van der Waals surface area contributed by atoms with E-state index in [4.69, 9.17) is 16.5 Å². The average Bonchev–Trinajstić information content (AvgIpc) is 2.36. The topological polar surface area (TPSA) is 36.9 Å². The lowest BCUT2D eigenvalue weighted by atomic mass is 11.0. The molecule has 0 bridgehead atoms. The fourth-order valence-electron chi connectivity index (χ4n) is 1.57. The first-order chi connectivity index (χ1) is 9.07. The minimum absolute atomic E-state index is 0.315. The molecule has 4 nitrogen and oxygen atoms in total. The molecule has 1 heterocycles. The van der Waals surface area contributed by atoms with Crippen LogP contribution in [0.25, 0.3) is 0 Å². The van der Waals surface area contributed by atoms with Crippen molar-refractivity contribution in [1.29, 1.82) is 0 Å². The van der Waals surface area contributed by atoms with Crippen molar-refractivity contribution in [2.75, 3.05) is 0 Å². The van der Waals surface area contributed by atoms with Crippen LogP contribution >= 0.6 is 0 Å². The van der Waals surface area contributed by atoms with Crippen molar-refractivity contribution in [1.82, 2.24) is 0 Å². The Hall–Kier alpha value is 0.428. The molecule has 1 aliphatic rings. The van der Waals surface area contributed by atoms with E-state index >= 15 is 0 Å². The molecule has 20 heavy (non-hydrogen) atoms. The third kappa shape index (κ3) is 4.22. The van der Waals surface area contributed by atoms with Crippen molar-refractivity contribution in [2.24, 2.45) is 0 Å². The highest BCUT2D eigenvalue weighted by Crippen LogP contribution is 2.38. The molecule has 0 aromatic heterocycles. The molecular formula is C8H20F4O4Si4. The second-order valence-electron chi connectivity index (χ2n) is 4.46. The Labute approximate surface area is 121 Å². The van der Waals surface area contributed by atoms with E-state index < -0.39 is 35.6 Å². The van der Waals surface area contributed by atoms with Crippen molar-refractivity contribution in [3.05, 3.63) is 0 Å². The Bertz CT molecular complexity index is 278. The minimum atomic E-state index is -4.60. The van der Waals surface area contributed by atoms with Crippen LogP contribution in [0.15, 0.2) is 0 Å². The zero-order valence-corrected chi connectivity index (χ0v) is 16.0. The van der Waals surface area contributed by atoms with Gasteiger partial charge in [-0.05, 0) is 0 Å². The van der Waals surface area contributed by atoms with Crippen LogP contribution in [0.2, 0.25) is 24.2 Å². The molecule has 0 radical (unpaired) electrons. The van der Waals surface area contributed by atoms with Gasteiger partial charge in [0.2, 0.25) is 0 Å². The maximum absolute atomic E-state index is 14.5. The summed E-state index contributed by atoms with van der Waals surface area (Å²) in [7, 11) is -18.4. The quantitative estimate of drug-likeness (QED) is 0.430. The van der Waals surface area contributed by atoms with Crippen LogP contribution in [0.1, 0.15) is 27.7 Å². The summed E-state index contributed by atoms with van der Waals surface area (Å²) in [5.41, 5.74) is 0. The molecule has 0 N–H and O–H groups in total. The van der Waals surface area contributed by atoms with Gasteiger partial charge in [-0.2, -0.15) is 0 Å². The van der Waals surface area contributed by atoms with Crippen molar-refractivity contribution < 1.29 is 32.9 Å². The highest BCUT2D eigenvalue weighted by atomic mass is 28.6. The van der Waals surface area contributed by atoms with E-state index in [-0.39, 0.29) is 24.2 Å². The highest BCUT2D eigenvalue weighted by molar-refractivity contribution is 6.88. The standard InChI is InChI=1S/C8H20F4O4Si4/c1-5-17(9)13-18(10,6-2)15-20(12,8-4)16-19(11,7-3)14-17/h5-8H2,1-4H3. The molecule has 0 aliphatic carbocycles. The Kier molecular flexibility index (Phi) is 5.80. The van der Waals surface area contributed by atoms with E-state index in [2.05, 4.69) is 0 Å². The molecule has 0 atom stereocenters. The summed E-state index contributed by atoms with van der Waals surface area (Å²) in [6.45, 7) is 5.46. The molecule has 0 unspecified atom stereocenters. The lowest BCUT2D eigenvalue weighted by Crippen LogP contribution is -2.65. The van der Waals surface area contributed by atoms with E-state index in [1.807, 2.05) is 0 Å². The molecule has 0 aromatic rings. The van der Waals surface area contributed by atoms with Gasteiger partial charge in [0.05, 0.1) is 0 Å². The third-order valence-electron chi connectivity index (χ3n) is 2.91. The number of hydrogen-bond acceptors (Lipinski definition) is 4. The van der Waals surface area contributed by atoms with Crippen LogP contribution in [0.5, 0.6) is 0 Å². The Morgan fingerprint density at radius 1 is 0.500 bits per heavy atom. The fraction of sp³-hybridized carbons (Fsp3) is 1.00. The van der Waals surface area contributed by atoms with Crippen LogP contribution in [0.4, 0.5) is 16.4 Å². The molecule has 12 heteroatoms. The SMILES string of the molecule is CC[Si]1(F)O[Si](F)(CC)O[Si](F)(CC)O[Si](F)(CC)O1. The van der Waals surface area contributed by atoms with E-state index in [1.165, 1.54) is 27.7 Å². The Morgan fingerprint density at radius 3 is 0.750 bits per heavy atom. The first-order valence-electron chi connectivity index (χ1n) is 6.63. The number of halogens is 4. The summed E-state index contributed by atoms with van der Waals surface area (Å²) >= 11 is 0. The van der Waals surface area contributed by atoms with Gasteiger partial charge < -0.3 is 16.5 Å². The van der Waals surface area contributed by atoms with Gasteiger partial charge in [0.1, 0.15) is 0 Å². The fourth-order valence-corrected chi connectivity index (χ4v) is 15.6. The molecule has 1 rings (SSSR count). The van der Waals surface area contributed by atoms with Gasteiger partial charge in [-0.3, -0.25) is 0 Å². The van der Waals surface area contributed by atoms with Gasteiger partial charge in [0.25, 0.3) is 0 Å². The number of rotatable bonds is 4. The molecule has 0 spiro atoms. The zero-order valence-electron chi connectivity index (χ0n) is 12.0. The van der Waals surface area contributed by atoms with Crippen LogP contribution in [-0.2, 0) is 16.5 Å². The summed E-state index contributed by atoms with van der Waals surface area (Å²) < 4.78 is 77.0. The number of hydrogen-bond donors (Lipinski definition) is 0. The summed E-state index contributed by atoms with van der Waals surface area (Å²) in [4.78, 5) is 0. The van der Waals surface area contributed by atoms with Crippen LogP contribution < -0.4 is 0 Å². The molecule has 1 saturated heterocycles. The normalized spacial score (nSPS) is 46.8. The van der Waals surface area contributed by atoms with Gasteiger partial charge in [-0.1, -0.05) is 27.7 Å². The average molecular weight is 369 g/mol. The van der Waals surface area contributed by atoms with Crippen molar-refractivity contribution >= 4 is 35.6 Å². The maximum atomic E-state index is 14.5. The molecular weight excluding hydrogens is 348 g/mol. The van der Waals surface area contributed by atoms with E-state index in [9.17, 15) is 16.4 Å². The monoisotopic (exact) mass is 368 g/mol. The van der Waals surface area contributed by atoms with Crippen molar-refractivity contribution in [3.8, 4) is 0 Å². The second kappa shape index (κ2) is 6.27. The summed E-state index contributed by atoms with van der Waals surface area (Å²) in [6.07, 6.45) is 0. The molecule has 1 fully saturated rings. The first kappa shape index (κ1) is 18.5. The van der Waals surface area contributed by atoms with E-state index in [1.54, 1.807) is 0 Å². The predicted octanol–water partition coefficient (Wildman–Crippen LogP) is 3.78. The lowest BCUT2D eigenvalue weighted by molar-refractivity contribution is 0.126. The lowest BCUT2D eigenvalue weighted by Gasteiger charge is -2.40. The Balaban J connectivity index is 3.18. The van der Waals surface area contributed by atoms with Crippen molar-refractivity contribution in [2.45, 2.75) is 51.9 Å². The molecule has 1 aliphatic heterocycles. The third-order valence-corrected chi connectivity index (χ3v) is 16.0. The molecule has 0 saturated carbocycles. The van der Waals surface area contributed by atoms with Gasteiger partial charge in [0, 0.05) is 24.2 Å². The molecule has 120 valence electrons.